The van der Waals surface area contributed by atoms with E-state index in [9.17, 15) is 9.59 Å². The van der Waals surface area contributed by atoms with Crippen molar-refractivity contribution in [3.05, 3.63) is 48.3 Å². The number of likely N-dealkylation sites (N-methyl/N-ethyl adjacent to an activating group) is 1. The van der Waals surface area contributed by atoms with Gasteiger partial charge in [0.15, 0.2) is 0 Å². The second-order valence-corrected chi connectivity index (χ2v) is 6.42. The summed E-state index contributed by atoms with van der Waals surface area (Å²) in [5.41, 5.74) is 1.88. The minimum absolute atomic E-state index is 0.0422. The van der Waals surface area contributed by atoms with Crippen molar-refractivity contribution in [2.75, 3.05) is 39.3 Å². The highest BCUT2D eigenvalue weighted by molar-refractivity contribution is 5.79. The SMILES string of the molecule is CCNC(=O)CN1CCN(C(=O)Cc2cnn(-c3ccccc3)c2)CC1. The van der Waals surface area contributed by atoms with Gasteiger partial charge in [-0.3, -0.25) is 14.5 Å². The summed E-state index contributed by atoms with van der Waals surface area (Å²) in [5.74, 6) is 0.149. The number of amides is 2. The van der Waals surface area contributed by atoms with Gasteiger partial charge in [0, 0.05) is 38.9 Å². The Hall–Kier alpha value is -2.67. The highest BCUT2D eigenvalue weighted by Crippen LogP contribution is 2.10. The molecule has 2 aromatic rings. The number of hydrogen-bond donors (Lipinski definition) is 1. The van der Waals surface area contributed by atoms with Crippen LogP contribution in [-0.2, 0) is 16.0 Å². The number of hydrogen-bond acceptors (Lipinski definition) is 4. The number of carbonyl (C=O) groups excluding carboxylic acids is 2. The smallest absolute Gasteiger partial charge is 0.234 e. The summed E-state index contributed by atoms with van der Waals surface area (Å²) < 4.78 is 1.78. The molecule has 1 N–H and O–H groups in total. The lowest BCUT2D eigenvalue weighted by molar-refractivity contribution is -0.132. The molecule has 1 aliphatic rings. The van der Waals surface area contributed by atoms with Gasteiger partial charge in [0.2, 0.25) is 11.8 Å². The van der Waals surface area contributed by atoms with Gasteiger partial charge in [-0.25, -0.2) is 4.68 Å². The maximum atomic E-state index is 12.5. The van der Waals surface area contributed by atoms with Crippen LogP contribution in [0.2, 0.25) is 0 Å². The first kappa shape index (κ1) is 18.1. The largest absolute Gasteiger partial charge is 0.355 e. The van der Waals surface area contributed by atoms with E-state index < -0.39 is 0 Å². The van der Waals surface area contributed by atoms with E-state index in [1.807, 2.05) is 48.4 Å². The zero-order valence-electron chi connectivity index (χ0n) is 15.1. The first-order valence-electron chi connectivity index (χ1n) is 9.01. The molecule has 0 unspecified atom stereocenters. The van der Waals surface area contributed by atoms with Crippen LogP contribution in [0.3, 0.4) is 0 Å². The summed E-state index contributed by atoms with van der Waals surface area (Å²) in [6.45, 7) is 5.73. The van der Waals surface area contributed by atoms with Crippen molar-refractivity contribution < 1.29 is 9.59 Å². The van der Waals surface area contributed by atoms with Crippen LogP contribution in [0.1, 0.15) is 12.5 Å². The predicted molar refractivity (Wildman–Crippen MR) is 99.0 cm³/mol. The van der Waals surface area contributed by atoms with E-state index >= 15 is 0 Å². The normalized spacial score (nSPS) is 15.0. The van der Waals surface area contributed by atoms with E-state index in [1.165, 1.54) is 0 Å². The van der Waals surface area contributed by atoms with Gasteiger partial charge in [-0.2, -0.15) is 5.10 Å². The van der Waals surface area contributed by atoms with E-state index in [0.717, 1.165) is 24.3 Å². The predicted octanol–water partition coefficient (Wildman–Crippen LogP) is 0.695. The van der Waals surface area contributed by atoms with Crippen LogP contribution in [0.15, 0.2) is 42.7 Å². The molecule has 0 spiro atoms. The lowest BCUT2D eigenvalue weighted by atomic mass is 10.2. The highest BCUT2D eigenvalue weighted by atomic mass is 16.2. The third-order valence-electron chi connectivity index (χ3n) is 4.48. The van der Waals surface area contributed by atoms with E-state index in [0.29, 0.717) is 32.6 Å². The molecule has 3 rings (SSSR count). The number of nitrogens with one attached hydrogen (secondary N) is 1. The van der Waals surface area contributed by atoms with E-state index in [2.05, 4.69) is 15.3 Å². The van der Waals surface area contributed by atoms with Gasteiger partial charge in [0.25, 0.3) is 0 Å². The molecule has 7 heteroatoms. The Labute approximate surface area is 153 Å². The van der Waals surface area contributed by atoms with Crippen LogP contribution >= 0.6 is 0 Å². The number of para-hydroxylation sites is 1. The van der Waals surface area contributed by atoms with E-state index in [-0.39, 0.29) is 11.8 Å². The van der Waals surface area contributed by atoms with Crippen molar-refractivity contribution in [2.24, 2.45) is 0 Å². The molecule has 2 heterocycles. The second-order valence-electron chi connectivity index (χ2n) is 6.42. The van der Waals surface area contributed by atoms with Gasteiger partial charge in [0.05, 0.1) is 24.8 Å². The van der Waals surface area contributed by atoms with Gasteiger partial charge < -0.3 is 10.2 Å². The lowest BCUT2D eigenvalue weighted by Crippen LogP contribution is -2.51. The minimum atomic E-state index is 0.0422. The van der Waals surface area contributed by atoms with Gasteiger partial charge in [-0.05, 0) is 24.6 Å². The maximum absolute atomic E-state index is 12.5. The van der Waals surface area contributed by atoms with Crippen LogP contribution in [0.25, 0.3) is 5.69 Å². The summed E-state index contributed by atoms with van der Waals surface area (Å²) in [6, 6.07) is 9.84. The molecule has 0 bridgehead atoms. The number of nitrogens with zero attached hydrogens (tertiary/aromatic N) is 4. The Morgan fingerprint density at radius 3 is 2.54 bits per heavy atom. The first-order chi connectivity index (χ1) is 12.7. The molecule has 2 amide bonds. The maximum Gasteiger partial charge on any atom is 0.234 e. The zero-order valence-corrected chi connectivity index (χ0v) is 15.1. The molecule has 138 valence electrons. The fraction of sp³-hybridized carbons (Fsp3) is 0.421. The molecule has 1 fully saturated rings. The zero-order chi connectivity index (χ0) is 18.4. The van der Waals surface area contributed by atoms with E-state index in [1.54, 1.807) is 10.9 Å². The fourth-order valence-corrected chi connectivity index (χ4v) is 3.07. The van der Waals surface area contributed by atoms with Crippen molar-refractivity contribution in [3.8, 4) is 5.69 Å². The number of rotatable bonds is 6. The quantitative estimate of drug-likeness (QED) is 0.828. The molecule has 0 aliphatic carbocycles. The second kappa shape index (κ2) is 8.62. The monoisotopic (exact) mass is 355 g/mol. The molecule has 1 saturated heterocycles. The highest BCUT2D eigenvalue weighted by Gasteiger charge is 2.22. The molecule has 1 aliphatic heterocycles. The van der Waals surface area contributed by atoms with Crippen LogP contribution in [0.4, 0.5) is 0 Å². The Morgan fingerprint density at radius 2 is 1.85 bits per heavy atom. The topological polar surface area (TPSA) is 70.5 Å². The van der Waals surface area contributed by atoms with Gasteiger partial charge in [0.1, 0.15) is 0 Å². The average Bonchev–Trinajstić information content (AvgIpc) is 3.12. The van der Waals surface area contributed by atoms with Crippen LogP contribution < -0.4 is 5.32 Å². The number of carbonyl (C=O) groups is 2. The standard InChI is InChI=1S/C19H25N5O2/c1-2-20-18(25)15-22-8-10-23(11-9-22)19(26)12-16-13-21-24(14-16)17-6-4-3-5-7-17/h3-7,13-14H,2,8-12,15H2,1H3,(H,20,25). The molecule has 0 radical (unpaired) electrons. The molecule has 1 aromatic heterocycles. The fourth-order valence-electron chi connectivity index (χ4n) is 3.07. The van der Waals surface area contributed by atoms with Gasteiger partial charge in [-0.1, -0.05) is 18.2 Å². The van der Waals surface area contributed by atoms with Crippen molar-refractivity contribution >= 4 is 11.8 Å². The third-order valence-corrected chi connectivity index (χ3v) is 4.48. The summed E-state index contributed by atoms with van der Waals surface area (Å²) >= 11 is 0. The van der Waals surface area contributed by atoms with Gasteiger partial charge >= 0.3 is 0 Å². The Morgan fingerprint density at radius 1 is 1.12 bits per heavy atom. The van der Waals surface area contributed by atoms with Gasteiger partial charge in [-0.15, -0.1) is 0 Å². The van der Waals surface area contributed by atoms with Crippen molar-refractivity contribution in [2.45, 2.75) is 13.3 Å². The summed E-state index contributed by atoms with van der Waals surface area (Å²) in [7, 11) is 0. The van der Waals surface area contributed by atoms with Crippen molar-refractivity contribution in [1.29, 1.82) is 0 Å². The molecular weight excluding hydrogens is 330 g/mol. The summed E-state index contributed by atoms with van der Waals surface area (Å²) in [5, 5.41) is 7.14. The molecule has 0 saturated carbocycles. The number of piperazine rings is 1. The number of aromatic nitrogens is 2. The molecular formula is C19H25N5O2. The molecule has 26 heavy (non-hydrogen) atoms. The van der Waals surface area contributed by atoms with Crippen molar-refractivity contribution in [3.63, 3.8) is 0 Å². The van der Waals surface area contributed by atoms with Crippen LogP contribution in [0, 0.1) is 0 Å². The van der Waals surface area contributed by atoms with Crippen molar-refractivity contribution in [1.82, 2.24) is 24.9 Å². The Bertz CT molecular complexity index is 735. The average molecular weight is 355 g/mol. The lowest BCUT2D eigenvalue weighted by Gasteiger charge is -2.34. The number of benzene rings is 1. The molecule has 0 atom stereocenters. The van der Waals surface area contributed by atoms with Crippen LogP contribution in [-0.4, -0.2) is 70.7 Å². The Kier molecular flexibility index (Phi) is 6.01. The third kappa shape index (κ3) is 4.70. The van der Waals surface area contributed by atoms with Crippen LogP contribution in [0.5, 0.6) is 0 Å². The molecule has 1 aromatic carbocycles. The summed E-state index contributed by atoms with van der Waals surface area (Å²) in [4.78, 5) is 28.1. The minimum Gasteiger partial charge on any atom is -0.355 e. The van der Waals surface area contributed by atoms with E-state index in [4.69, 9.17) is 0 Å². The summed E-state index contributed by atoms with van der Waals surface area (Å²) in [6.07, 6.45) is 4.00. The first-order valence-corrected chi connectivity index (χ1v) is 9.01. The molecule has 7 nitrogen and oxygen atoms in total. The Balaban J connectivity index is 1.49.